The molecule has 1 N–H and O–H groups in total. The molecule has 1 aromatic heterocycles. The number of ether oxygens (including phenoxy) is 1. The van der Waals surface area contributed by atoms with Gasteiger partial charge in [-0.1, -0.05) is 0 Å². The third-order valence-electron chi connectivity index (χ3n) is 2.82. The van der Waals surface area contributed by atoms with Crippen LogP contribution in [-0.2, 0) is 11.8 Å². The Kier molecular flexibility index (Phi) is 4.95. The van der Waals surface area contributed by atoms with Crippen molar-refractivity contribution in [2.24, 2.45) is 7.05 Å². The van der Waals surface area contributed by atoms with Gasteiger partial charge in [0.2, 0.25) is 0 Å². The summed E-state index contributed by atoms with van der Waals surface area (Å²) in [5.41, 5.74) is 0.500. The zero-order valence-electron chi connectivity index (χ0n) is 10.4. The van der Waals surface area contributed by atoms with Crippen LogP contribution >= 0.6 is 22.6 Å². The van der Waals surface area contributed by atoms with Gasteiger partial charge in [0.15, 0.2) is 5.69 Å². The number of carbonyl (C=O) groups is 1. The minimum Gasteiger partial charge on any atom is -0.379 e. The monoisotopic (exact) mass is 364 g/mol. The molecule has 1 amide bonds. The maximum atomic E-state index is 11.9. The summed E-state index contributed by atoms with van der Waals surface area (Å²) in [6.07, 6.45) is 1.83. The van der Waals surface area contributed by atoms with E-state index in [1.807, 2.05) is 13.2 Å². The van der Waals surface area contributed by atoms with E-state index in [0.717, 1.165) is 36.4 Å². The van der Waals surface area contributed by atoms with Gasteiger partial charge < -0.3 is 10.1 Å². The molecule has 1 aliphatic heterocycles. The van der Waals surface area contributed by atoms with Crippen LogP contribution in [0.2, 0.25) is 0 Å². The highest BCUT2D eigenvalue weighted by Gasteiger charge is 2.15. The molecule has 0 unspecified atom stereocenters. The Morgan fingerprint density at radius 2 is 2.28 bits per heavy atom. The number of nitrogens with zero attached hydrogens (tertiary/aromatic N) is 3. The molecule has 100 valence electrons. The molecule has 0 saturated carbocycles. The third-order valence-corrected chi connectivity index (χ3v) is 3.61. The topological polar surface area (TPSA) is 59.4 Å². The molecule has 0 aliphatic carbocycles. The van der Waals surface area contributed by atoms with Gasteiger partial charge >= 0.3 is 0 Å². The lowest BCUT2D eigenvalue weighted by Crippen LogP contribution is -2.41. The fourth-order valence-corrected chi connectivity index (χ4v) is 2.61. The maximum absolute atomic E-state index is 11.9. The molecule has 0 aromatic carbocycles. The van der Waals surface area contributed by atoms with Crippen LogP contribution in [0.4, 0.5) is 0 Å². The van der Waals surface area contributed by atoms with Crippen LogP contribution in [0.15, 0.2) is 6.20 Å². The molecular weight excluding hydrogens is 347 g/mol. The van der Waals surface area contributed by atoms with E-state index >= 15 is 0 Å². The van der Waals surface area contributed by atoms with Gasteiger partial charge in [0.1, 0.15) is 0 Å². The van der Waals surface area contributed by atoms with Crippen LogP contribution < -0.4 is 5.32 Å². The molecular formula is C11H17IN4O2. The predicted molar refractivity (Wildman–Crippen MR) is 75.5 cm³/mol. The van der Waals surface area contributed by atoms with Crippen molar-refractivity contribution >= 4 is 28.5 Å². The molecule has 2 heterocycles. The Hall–Kier alpha value is -0.670. The summed E-state index contributed by atoms with van der Waals surface area (Å²) >= 11 is 2.12. The van der Waals surface area contributed by atoms with Gasteiger partial charge in [0, 0.05) is 39.4 Å². The summed E-state index contributed by atoms with van der Waals surface area (Å²) in [5.74, 6) is -0.103. The fourth-order valence-electron chi connectivity index (χ4n) is 1.85. The van der Waals surface area contributed by atoms with Crippen molar-refractivity contribution in [3.05, 3.63) is 15.5 Å². The Balaban J connectivity index is 1.76. The van der Waals surface area contributed by atoms with E-state index in [2.05, 4.69) is 37.9 Å². The number of aromatic nitrogens is 2. The molecule has 0 atom stereocenters. The highest BCUT2D eigenvalue weighted by atomic mass is 127. The average molecular weight is 364 g/mol. The van der Waals surface area contributed by atoms with Gasteiger partial charge in [-0.25, -0.2) is 0 Å². The number of hydrogen-bond acceptors (Lipinski definition) is 4. The van der Waals surface area contributed by atoms with E-state index in [9.17, 15) is 4.79 Å². The van der Waals surface area contributed by atoms with Crippen LogP contribution in [0.3, 0.4) is 0 Å². The summed E-state index contributed by atoms with van der Waals surface area (Å²) in [5, 5.41) is 7.04. The Labute approximate surface area is 120 Å². The summed E-state index contributed by atoms with van der Waals surface area (Å²) in [6.45, 7) is 4.95. The van der Waals surface area contributed by atoms with Crippen molar-refractivity contribution in [2.45, 2.75) is 0 Å². The molecule has 18 heavy (non-hydrogen) atoms. The Morgan fingerprint density at radius 3 is 2.89 bits per heavy atom. The van der Waals surface area contributed by atoms with Gasteiger partial charge in [-0.3, -0.25) is 14.4 Å². The van der Waals surface area contributed by atoms with Crippen molar-refractivity contribution < 1.29 is 9.53 Å². The second-order valence-electron chi connectivity index (χ2n) is 4.21. The first kappa shape index (κ1) is 13.8. The summed E-state index contributed by atoms with van der Waals surface area (Å²) in [4.78, 5) is 14.2. The third kappa shape index (κ3) is 3.66. The first-order valence-electron chi connectivity index (χ1n) is 5.94. The SMILES string of the molecule is Cn1cc(I)c(C(=O)NCCN2CCOCC2)n1. The number of halogens is 1. The van der Waals surface area contributed by atoms with E-state index in [-0.39, 0.29) is 5.91 Å². The number of amides is 1. The van der Waals surface area contributed by atoms with Gasteiger partial charge in [0.25, 0.3) is 5.91 Å². The Bertz CT molecular complexity index is 415. The minimum absolute atomic E-state index is 0.103. The van der Waals surface area contributed by atoms with Crippen molar-refractivity contribution in [1.29, 1.82) is 0 Å². The lowest BCUT2D eigenvalue weighted by atomic mass is 10.4. The average Bonchev–Trinajstić information content (AvgIpc) is 2.70. The number of aryl methyl sites for hydroxylation is 1. The first-order valence-corrected chi connectivity index (χ1v) is 7.02. The second kappa shape index (κ2) is 6.48. The predicted octanol–water partition coefficient (Wildman–Crippen LogP) is 0.0867. The summed E-state index contributed by atoms with van der Waals surface area (Å²) < 4.78 is 7.80. The number of morpholine rings is 1. The van der Waals surface area contributed by atoms with Crippen molar-refractivity contribution in [1.82, 2.24) is 20.0 Å². The molecule has 6 nitrogen and oxygen atoms in total. The van der Waals surface area contributed by atoms with E-state index < -0.39 is 0 Å². The van der Waals surface area contributed by atoms with Crippen molar-refractivity contribution in [3.8, 4) is 0 Å². The molecule has 1 aromatic rings. The standard InChI is InChI=1S/C11H17IN4O2/c1-15-8-9(12)10(14-15)11(17)13-2-3-16-4-6-18-7-5-16/h8H,2-7H2,1H3,(H,13,17). The zero-order valence-corrected chi connectivity index (χ0v) is 12.5. The highest BCUT2D eigenvalue weighted by molar-refractivity contribution is 14.1. The van der Waals surface area contributed by atoms with Crippen molar-refractivity contribution in [2.75, 3.05) is 39.4 Å². The van der Waals surface area contributed by atoms with Crippen LogP contribution in [0.5, 0.6) is 0 Å². The van der Waals surface area contributed by atoms with Crippen LogP contribution in [0.25, 0.3) is 0 Å². The molecule has 7 heteroatoms. The van der Waals surface area contributed by atoms with E-state index in [1.54, 1.807) is 4.68 Å². The lowest BCUT2D eigenvalue weighted by molar-refractivity contribution is 0.0383. The first-order chi connectivity index (χ1) is 8.66. The molecule has 0 spiro atoms. The molecule has 1 saturated heterocycles. The highest BCUT2D eigenvalue weighted by Crippen LogP contribution is 2.08. The quantitative estimate of drug-likeness (QED) is 0.770. The van der Waals surface area contributed by atoms with Crippen LogP contribution in [0.1, 0.15) is 10.5 Å². The molecule has 0 radical (unpaired) electrons. The second-order valence-corrected chi connectivity index (χ2v) is 5.37. The fraction of sp³-hybridized carbons (Fsp3) is 0.636. The molecule has 2 rings (SSSR count). The number of carbonyl (C=O) groups excluding carboxylic acids is 1. The zero-order chi connectivity index (χ0) is 13.0. The van der Waals surface area contributed by atoms with E-state index in [1.165, 1.54) is 0 Å². The van der Waals surface area contributed by atoms with Gasteiger partial charge in [-0.15, -0.1) is 0 Å². The molecule has 1 aliphatic rings. The van der Waals surface area contributed by atoms with Crippen LogP contribution in [0, 0.1) is 3.57 Å². The molecule has 1 fully saturated rings. The van der Waals surface area contributed by atoms with Gasteiger partial charge in [0.05, 0.1) is 16.8 Å². The van der Waals surface area contributed by atoms with E-state index in [0.29, 0.717) is 12.2 Å². The summed E-state index contributed by atoms with van der Waals surface area (Å²) in [7, 11) is 1.81. The number of hydrogen-bond donors (Lipinski definition) is 1. The minimum atomic E-state index is -0.103. The van der Waals surface area contributed by atoms with Gasteiger partial charge in [-0.05, 0) is 22.6 Å². The maximum Gasteiger partial charge on any atom is 0.272 e. The van der Waals surface area contributed by atoms with Crippen molar-refractivity contribution in [3.63, 3.8) is 0 Å². The van der Waals surface area contributed by atoms with E-state index in [4.69, 9.17) is 4.74 Å². The number of nitrogens with one attached hydrogen (secondary N) is 1. The van der Waals surface area contributed by atoms with Gasteiger partial charge in [-0.2, -0.15) is 5.10 Å². The molecule has 0 bridgehead atoms. The normalized spacial score (nSPS) is 16.8. The Morgan fingerprint density at radius 1 is 1.56 bits per heavy atom. The summed E-state index contributed by atoms with van der Waals surface area (Å²) in [6, 6.07) is 0. The van der Waals surface area contributed by atoms with Crippen LogP contribution in [-0.4, -0.2) is 60.0 Å². The number of rotatable bonds is 4. The largest absolute Gasteiger partial charge is 0.379 e. The lowest BCUT2D eigenvalue weighted by Gasteiger charge is -2.26. The smallest absolute Gasteiger partial charge is 0.272 e.